The van der Waals surface area contributed by atoms with Crippen LogP contribution in [-0.2, 0) is 9.28 Å². The SMILES string of the molecule is CCC[CH2][Sn]([CH2]CCC)[O][Sn]([CH2]CCC)([CH2]CCC)[O]C(=O)C(Cl)(Cl)Cl. The second kappa shape index (κ2) is 15.7. The number of hydrogen-bond donors (Lipinski definition) is 0. The summed E-state index contributed by atoms with van der Waals surface area (Å²) in [5, 5.41) is 0. The second-order valence-corrected chi connectivity index (χ2v) is 28.2. The van der Waals surface area contributed by atoms with Crippen LogP contribution in [0, 0.1) is 0 Å². The molecule has 26 heavy (non-hydrogen) atoms. The van der Waals surface area contributed by atoms with Crippen molar-refractivity contribution >= 4 is 80.2 Å². The summed E-state index contributed by atoms with van der Waals surface area (Å²) in [4.78, 5) is 12.4. The van der Waals surface area contributed by atoms with Crippen LogP contribution in [0.2, 0.25) is 17.7 Å². The predicted octanol–water partition coefficient (Wildman–Crippen LogP) is 7.55. The molecule has 0 aliphatic heterocycles. The molecule has 0 unspecified atom stereocenters. The Hall–Kier alpha value is 1.90. The molecule has 0 atom stereocenters. The third kappa shape index (κ3) is 12.5. The number of carbonyl (C=O) groups is 1. The van der Waals surface area contributed by atoms with E-state index in [2.05, 4.69) is 27.7 Å². The zero-order valence-corrected chi connectivity index (χ0v) is 24.8. The van der Waals surface area contributed by atoms with Crippen LogP contribution in [0.1, 0.15) is 79.1 Å². The van der Waals surface area contributed by atoms with E-state index in [0.717, 1.165) is 34.6 Å². The van der Waals surface area contributed by atoms with E-state index in [4.69, 9.17) is 39.3 Å². The molecule has 0 spiro atoms. The first-order valence-corrected chi connectivity index (χ1v) is 22.8. The maximum atomic E-state index is 12.4. The van der Waals surface area contributed by atoms with Gasteiger partial charge in [-0.05, 0) is 0 Å². The van der Waals surface area contributed by atoms with Gasteiger partial charge in [-0.1, -0.05) is 0 Å². The molecular weight excluding hydrogens is 608 g/mol. The summed E-state index contributed by atoms with van der Waals surface area (Å²) in [5.41, 5.74) is 0. The Balaban J connectivity index is 5.44. The van der Waals surface area contributed by atoms with Gasteiger partial charge < -0.3 is 0 Å². The molecule has 0 aliphatic carbocycles. The van der Waals surface area contributed by atoms with Crippen molar-refractivity contribution < 1.29 is 9.28 Å². The standard InChI is InChI=1S/4C4H9.C2HCl3O2.O.2Sn/c4*1-3-4-2;3-2(4,5)1(6)7;;;/h4*1,3-4H2,2H3;(H,6,7);;;/q;;;;;;;+1/p-1. The monoisotopic (exact) mass is 645 g/mol. The van der Waals surface area contributed by atoms with Crippen LogP contribution < -0.4 is 0 Å². The molecule has 0 aromatic carbocycles. The Labute approximate surface area is 188 Å². The number of unbranched alkanes of at least 4 members (excludes halogenated alkanes) is 4. The van der Waals surface area contributed by atoms with Gasteiger partial charge in [0.2, 0.25) is 0 Å². The Bertz CT molecular complexity index is 363. The van der Waals surface area contributed by atoms with E-state index in [-0.39, 0.29) is 0 Å². The molecule has 3 nitrogen and oxygen atoms in total. The molecule has 0 aromatic heterocycles. The van der Waals surface area contributed by atoms with Crippen molar-refractivity contribution in [3.8, 4) is 0 Å². The molecule has 0 saturated carbocycles. The van der Waals surface area contributed by atoms with Crippen LogP contribution in [0.25, 0.3) is 0 Å². The number of carbonyl (C=O) groups excluding carboxylic acids is 1. The molecule has 0 aliphatic rings. The van der Waals surface area contributed by atoms with E-state index in [1.54, 1.807) is 0 Å². The first-order chi connectivity index (χ1) is 12.2. The zero-order valence-electron chi connectivity index (χ0n) is 16.8. The van der Waals surface area contributed by atoms with E-state index < -0.39 is 49.1 Å². The van der Waals surface area contributed by atoms with Crippen molar-refractivity contribution in [2.45, 2.75) is 101 Å². The molecule has 0 amide bonds. The van der Waals surface area contributed by atoms with Gasteiger partial charge in [0.15, 0.2) is 0 Å². The number of rotatable bonds is 15. The minimum absolute atomic E-state index is 0.723. The molecular formula is C18H36Cl3O3Sn2. The fourth-order valence-electron chi connectivity index (χ4n) is 2.71. The van der Waals surface area contributed by atoms with Crippen molar-refractivity contribution in [2.24, 2.45) is 0 Å². The first kappa shape index (κ1) is 27.9. The molecule has 8 heteroatoms. The Morgan fingerprint density at radius 1 is 0.846 bits per heavy atom. The van der Waals surface area contributed by atoms with Crippen molar-refractivity contribution in [1.29, 1.82) is 0 Å². The van der Waals surface area contributed by atoms with Gasteiger partial charge in [-0.2, -0.15) is 0 Å². The molecule has 1 radical (unpaired) electrons. The number of halogens is 3. The van der Waals surface area contributed by atoms with Crippen LogP contribution >= 0.6 is 34.8 Å². The van der Waals surface area contributed by atoms with Crippen molar-refractivity contribution in [2.75, 3.05) is 0 Å². The van der Waals surface area contributed by atoms with Crippen LogP contribution in [-0.4, -0.2) is 49.1 Å². The molecule has 0 N–H and O–H groups in total. The summed E-state index contributed by atoms with van der Waals surface area (Å²) in [6.07, 6.45) is 8.93. The van der Waals surface area contributed by atoms with Gasteiger partial charge in [0.05, 0.1) is 0 Å². The summed E-state index contributed by atoms with van der Waals surface area (Å²) in [6.45, 7) is 8.74. The quantitative estimate of drug-likeness (QED) is 0.137. The van der Waals surface area contributed by atoms with Crippen molar-refractivity contribution in [3.05, 3.63) is 0 Å². The van der Waals surface area contributed by atoms with Crippen molar-refractivity contribution in [3.63, 3.8) is 0 Å². The summed E-state index contributed by atoms with van der Waals surface area (Å²) in [6, 6.07) is 0. The van der Waals surface area contributed by atoms with Crippen LogP contribution in [0.4, 0.5) is 0 Å². The normalized spacial score (nSPS) is 12.6. The molecule has 0 fully saturated rings. The Morgan fingerprint density at radius 2 is 1.27 bits per heavy atom. The molecule has 0 bridgehead atoms. The molecule has 155 valence electrons. The van der Waals surface area contributed by atoms with Gasteiger partial charge in [0.1, 0.15) is 0 Å². The van der Waals surface area contributed by atoms with Crippen LogP contribution in [0.3, 0.4) is 0 Å². The summed E-state index contributed by atoms with van der Waals surface area (Å²) in [5.74, 6) is -0.723. The van der Waals surface area contributed by atoms with Gasteiger partial charge in [0, 0.05) is 0 Å². The van der Waals surface area contributed by atoms with Crippen LogP contribution in [0.15, 0.2) is 0 Å². The molecule has 0 heterocycles. The van der Waals surface area contributed by atoms with E-state index in [0.29, 0.717) is 0 Å². The number of hydrogen-bond acceptors (Lipinski definition) is 3. The summed E-state index contributed by atoms with van der Waals surface area (Å²) >= 11 is 11.8. The van der Waals surface area contributed by atoms with Gasteiger partial charge >= 0.3 is 190 Å². The minimum atomic E-state index is -3.60. The maximum absolute atomic E-state index is 12.4. The fraction of sp³-hybridized carbons (Fsp3) is 0.944. The molecule has 0 aromatic rings. The topological polar surface area (TPSA) is 35.5 Å². The third-order valence-corrected chi connectivity index (χ3v) is 32.4. The van der Waals surface area contributed by atoms with Crippen molar-refractivity contribution in [1.82, 2.24) is 0 Å². The van der Waals surface area contributed by atoms with Gasteiger partial charge in [-0.15, -0.1) is 0 Å². The Morgan fingerprint density at radius 3 is 1.62 bits per heavy atom. The zero-order chi connectivity index (χ0) is 20.1. The van der Waals surface area contributed by atoms with E-state index in [9.17, 15) is 4.79 Å². The van der Waals surface area contributed by atoms with Gasteiger partial charge in [0.25, 0.3) is 0 Å². The van der Waals surface area contributed by atoms with E-state index >= 15 is 0 Å². The average Bonchev–Trinajstić information content (AvgIpc) is 2.59. The summed E-state index contributed by atoms with van der Waals surface area (Å²) in [7, 11) is 0. The first-order valence-electron chi connectivity index (χ1n) is 10.1. The fourth-order valence-corrected chi connectivity index (χ4v) is 37.6. The third-order valence-electron chi connectivity index (χ3n) is 4.28. The average molecular weight is 644 g/mol. The Kier molecular flexibility index (Phi) is 16.8. The summed E-state index contributed by atoms with van der Waals surface area (Å²) < 4.78 is 15.1. The molecule has 0 rings (SSSR count). The van der Waals surface area contributed by atoms with Gasteiger partial charge in [-0.3, -0.25) is 0 Å². The number of alkyl halides is 3. The molecule has 0 saturated heterocycles. The van der Waals surface area contributed by atoms with E-state index in [1.165, 1.54) is 34.6 Å². The van der Waals surface area contributed by atoms with E-state index in [1.807, 2.05) is 0 Å². The van der Waals surface area contributed by atoms with Crippen LogP contribution in [0.5, 0.6) is 0 Å². The second-order valence-electron chi connectivity index (χ2n) is 6.85. The predicted molar refractivity (Wildman–Crippen MR) is 118 cm³/mol. The van der Waals surface area contributed by atoms with Gasteiger partial charge in [-0.25, -0.2) is 0 Å².